The fraction of sp³-hybridized carbons (Fsp3) is 0.839. The van der Waals surface area contributed by atoms with Gasteiger partial charge in [0.15, 0.2) is 25.2 Å². The molecule has 8 N–H and O–H groups in total. The molecule has 1 aromatic carbocycles. The van der Waals surface area contributed by atoms with Gasteiger partial charge in [-0.25, -0.2) is 4.79 Å². The van der Waals surface area contributed by atoms with Crippen LogP contribution in [0.3, 0.4) is 0 Å². The number of methoxy groups -OCH3 is 2. The first-order valence-electron chi connectivity index (χ1n) is 28.3. The standard InChI is InChI=1S/C56H82O24/c1-24(59)31-16-19-56-54(31,6)48(72-27(4)60)46(76-49(67)28-12-10-9-11-13-28)47-53(5)17-15-30(20-29(53)14-18-55(47,56)80-56)73-35-21-32(68-7)42(25(2)70-35)77-52-41(66)45(69-8)43(26(3)71-52)78-51-40(65)38(63)44(34(23-58)75-51)79-50-39(64)37(62)36(61)33(22-57)74-50/h9-13,25-26,29-48,50-52,57-58,61-66H,14-23H2,1-8H3/t25?,26?,29?,30-,31-,32?,33?,34?,35?,36?,37?,38?,39?,40?,41?,42?,43?,44?,45?,46-,47?,48+,50?,51?,52?,53-,54-,55?,56?/m0/s1. The summed E-state index contributed by atoms with van der Waals surface area (Å²) in [7, 11) is 2.87. The van der Waals surface area contributed by atoms with Gasteiger partial charge < -0.3 is 102 Å². The lowest BCUT2D eigenvalue weighted by atomic mass is 9.43. The van der Waals surface area contributed by atoms with Gasteiger partial charge in [-0.1, -0.05) is 32.0 Å². The van der Waals surface area contributed by atoms with Gasteiger partial charge in [-0.15, -0.1) is 0 Å². The Hall–Kier alpha value is -2.93. The molecular weight excluding hydrogens is 1060 g/mol. The van der Waals surface area contributed by atoms with E-state index in [9.17, 15) is 55.2 Å². The summed E-state index contributed by atoms with van der Waals surface area (Å²) in [5.41, 5.74) is -2.49. The maximum atomic E-state index is 14.2. The molecule has 29 atom stereocenters. The van der Waals surface area contributed by atoms with Crippen LogP contribution in [0.5, 0.6) is 0 Å². The predicted octanol–water partition coefficient (Wildman–Crippen LogP) is -0.0629. The number of hydrogen-bond donors (Lipinski definition) is 8. The van der Waals surface area contributed by atoms with Crippen LogP contribution in [0.1, 0.15) is 103 Å². The second kappa shape index (κ2) is 23.2. The van der Waals surface area contributed by atoms with Gasteiger partial charge in [0.2, 0.25) is 0 Å². The number of epoxide rings is 1. The fourth-order valence-corrected chi connectivity index (χ4v) is 16.1. The van der Waals surface area contributed by atoms with E-state index in [2.05, 4.69) is 6.92 Å². The van der Waals surface area contributed by atoms with Crippen molar-refractivity contribution in [3.05, 3.63) is 35.9 Å². The Morgan fingerprint density at radius 3 is 1.91 bits per heavy atom. The molecule has 0 bridgehead atoms. The highest BCUT2D eigenvalue weighted by Gasteiger charge is 2.91. The zero-order valence-electron chi connectivity index (χ0n) is 46.5. The minimum Gasteiger partial charge on any atom is -0.458 e. The first kappa shape index (κ1) is 60.2. The number of carbonyl (C=O) groups is 3. The molecule has 0 aromatic heterocycles. The number of hydrogen-bond acceptors (Lipinski definition) is 24. The fourth-order valence-electron chi connectivity index (χ4n) is 16.1. The van der Waals surface area contributed by atoms with Crippen LogP contribution < -0.4 is 0 Å². The van der Waals surface area contributed by atoms with Crippen molar-refractivity contribution in [3.8, 4) is 0 Å². The van der Waals surface area contributed by atoms with Gasteiger partial charge in [-0.05, 0) is 89.2 Å². The van der Waals surface area contributed by atoms with E-state index in [1.807, 2.05) is 13.0 Å². The third kappa shape index (κ3) is 9.99. The molecule has 9 fully saturated rings. The minimum absolute atomic E-state index is 0.0157. The number of aliphatic hydroxyl groups is 8. The molecule has 80 heavy (non-hydrogen) atoms. The van der Waals surface area contributed by atoms with Crippen molar-refractivity contribution >= 4 is 17.7 Å². The van der Waals surface area contributed by atoms with E-state index >= 15 is 0 Å². The molecule has 4 aliphatic carbocycles. The Balaban J connectivity index is 0.783. The van der Waals surface area contributed by atoms with E-state index in [0.29, 0.717) is 44.1 Å². The van der Waals surface area contributed by atoms with Gasteiger partial charge in [0.1, 0.15) is 102 Å². The highest BCUT2D eigenvalue weighted by Crippen LogP contribution is 2.81. The maximum Gasteiger partial charge on any atom is 0.338 e. The van der Waals surface area contributed by atoms with E-state index in [0.717, 1.165) is 6.42 Å². The minimum atomic E-state index is -1.86. The third-order valence-electron chi connectivity index (χ3n) is 20.0. The Morgan fingerprint density at radius 1 is 0.625 bits per heavy atom. The van der Waals surface area contributed by atoms with Crippen LogP contribution in [0.2, 0.25) is 0 Å². The number of carbonyl (C=O) groups excluding carboxylic acids is 3. The summed E-state index contributed by atoms with van der Waals surface area (Å²) in [6.45, 7) is 9.05. The van der Waals surface area contributed by atoms with E-state index in [-0.39, 0.29) is 30.1 Å². The molecule has 450 valence electrons. The summed E-state index contributed by atoms with van der Waals surface area (Å²) in [5, 5.41) is 85.2. The number of fused-ring (bicyclic) bond motifs is 2. The molecule has 10 rings (SSSR count). The lowest BCUT2D eigenvalue weighted by molar-refractivity contribution is -0.384. The van der Waals surface area contributed by atoms with Crippen molar-refractivity contribution in [3.63, 3.8) is 0 Å². The Labute approximate surface area is 464 Å². The van der Waals surface area contributed by atoms with E-state index < -0.39 is 182 Å². The quantitative estimate of drug-likeness (QED) is 0.0610. The van der Waals surface area contributed by atoms with Crippen molar-refractivity contribution in [2.75, 3.05) is 27.4 Å². The van der Waals surface area contributed by atoms with E-state index in [4.69, 9.17) is 61.6 Å². The monoisotopic (exact) mass is 1140 g/mol. The average molecular weight is 1140 g/mol. The second-order valence-corrected chi connectivity index (χ2v) is 24.2. The zero-order valence-corrected chi connectivity index (χ0v) is 46.5. The number of ether oxygens (including phenoxy) is 13. The zero-order chi connectivity index (χ0) is 57.5. The summed E-state index contributed by atoms with van der Waals surface area (Å²) in [6, 6.07) is 8.73. The Morgan fingerprint density at radius 2 is 1.26 bits per heavy atom. The Kier molecular flexibility index (Phi) is 17.4. The molecule has 1 aromatic rings. The summed E-state index contributed by atoms with van der Waals surface area (Å²) >= 11 is 0. The largest absolute Gasteiger partial charge is 0.458 e. The van der Waals surface area contributed by atoms with Crippen LogP contribution in [-0.4, -0.2) is 232 Å². The molecule has 4 saturated carbocycles. The first-order valence-corrected chi connectivity index (χ1v) is 28.3. The third-order valence-corrected chi connectivity index (χ3v) is 20.0. The maximum absolute atomic E-state index is 14.2. The molecule has 9 aliphatic rings. The average Bonchev–Trinajstić information content (AvgIpc) is 3.64. The SMILES string of the molecule is COC1CC(O[C@H]2CC[C@@]3(C)C(CCC45OC46CC[C@@H](C(C)=O)[C@@]6(C)[C@H](OC(C)=O)[C@@H](OC(=O)c4ccccc4)C53)C2)OC(C)C1OC1OC(C)C(OC2OC(CO)C(OC3OC(CO)C(O)C(O)C3O)C(O)C2O)C(OC)C1O. The number of aliphatic hydroxyl groups excluding tert-OH is 8. The van der Waals surface area contributed by atoms with Gasteiger partial charge >= 0.3 is 11.9 Å². The van der Waals surface area contributed by atoms with Gasteiger partial charge in [-0.3, -0.25) is 9.59 Å². The van der Waals surface area contributed by atoms with Crippen LogP contribution >= 0.6 is 0 Å². The molecule has 5 aliphatic heterocycles. The summed E-state index contributed by atoms with van der Waals surface area (Å²) < 4.78 is 81.0. The lowest BCUT2D eigenvalue weighted by Gasteiger charge is -2.61. The summed E-state index contributed by atoms with van der Waals surface area (Å²) in [6.07, 6.45) is -22.7. The molecule has 23 unspecified atom stereocenters. The van der Waals surface area contributed by atoms with Gasteiger partial charge in [0, 0.05) is 44.8 Å². The molecule has 24 nitrogen and oxygen atoms in total. The van der Waals surface area contributed by atoms with Crippen LogP contribution in [0.15, 0.2) is 30.3 Å². The Bertz CT molecular complexity index is 2350. The lowest BCUT2D eigenvalue weighted by Crippen LogP contribution is -2.70. The number of esters is 2. The molecular formula is C56H82O24. The van der Waals surface area contributed by atoms with Crippen LogP contribution in [-0.2, 0) is 71.2 Å². The van der Waals surface area contributed by atoms with E-state index in [1.165, 1.54) is 14.0 Å². The van der Waals surface area contributed by atoms with Gasteiger partial charge in [-0.2, -0.15) is 0 Å². The molecule has 2 spiro atoms. The highest BCUT2D eigenvalue weighted by molar-refractivity contribution is 5.89. The smallest absolute Gasteiger partial charge is 0.338 e. The normalized spacial score (nSPS) is 50.7. The van der Waals surface area contributed by atoms with Crippen molar-refractivity contribution in [2.45, 2.75) is 239 Å². The van der Waals surface area contributed by atoms with E-state index in [1.54, 1.807) is 52.1 Å². The molecule has 0 radical (unpaired) electrons. The number of rotatable bonds is 16. The van der Waals surface area contributed by atoms with Crippen LogP contribution in [0, 0.1) is 28.6 Å². The highest BCUT2D eigenvalue weighted by atomic mass is 16.8. The number of Topliss-reactive ketones (excluding diaryl/α,β-unsaturated/α-hetero) is 1. The molecule has 24 heteroatoms. The molecule has 5 heterocycles. The van der Waals surface area contributed by atoms with Gasteiger partial charge in [0.05, 0.1) is 43.2 Å². The summed E-state index contributed by atoms with van der Waals surface area (Å²) in [4.78, 5) is 40.7. The van der Waals surface area contributed by atoms with Crippen LogP contribution in [0.4, 0.5) is 0 Å². The predicted molar refractivity (Wildman–Crippen MR) is 269 cm³/mol. The van der Waals surface area contributed by atoms with Crippen LogP contribution in [0.25, 0.3) is 0 Å². The van der Waals surface area contributed by atoms with Crippen molar-refractivity contribution in [1.82, 2.24) is 0 Å². The number of benzene rings is 1. The number of ketones is 1. The van der Waals surface area contributed by atoms with Crippen molar-refractivity contribution < 1.29 is 117 Å². The van der Waals surface area contributed by atoms with Crippen molar-refractivity contribution in [2.24, 2.45) is 28.6 Å². The van der Waals surface area contributed by atoms with Crippen molar-refractivity contribution in [1.29, 1.82) is 0 Å². The topological polar surface area (TPSA) is 336 Å². The molecule has 0 amide bonds. The van der Waals surface area contributed by atoms with Gasteiger partial charge in [0.25, 0.3) is 0 Å². The second-order valence-electron chi connectivity index (χ2n) is 24.2. The molecule has 5 saturated heterocycles. The summed E-state index contributed by atoms with van der Waals surface area (Å²) in [5.74, 6) is -1.83. The first-order chi connectivity index (χ1) is 38.0.